The number of benzene rings is 1. The van der Waals surface area contributed by atoms with Gasteiger partial charge in [-0.2, -0.15) is 0 Å². The smallest absolute Gasteiger partial charge is 0.272 e. The Morgan fingerprint density at radius 1 is 1.07 bits per heavy atom. The molecule has 3 aromatic rings. The number of piperidine rings is 1. The number of hydrogen-bond acceptors (Lipinski definition) is 5. The van der Waals surface area contributed by atoms with Crippen molar-refractivity contribution in [3.63, 3.8) is 0 Å². The molecule has 1 saturated heterocycles. The number of likely N-dealkylation sites (tertiary alicyclic amines) is 1. The van der Waals surface area contributed by atoms with Crippen molar-refractivity contribution in [1.29, 1.82) is 0 Å². The van der Waals surface area contributed by atoms with E-state index in [9.17, 15) is 9.18 Å². The molecule has 7 heteroatoms. The zero-order valence-electron chi connectivity index (χ0n) is 15.2. The Morgan fingerprint density at radius 3 is 2.79 bits per heavy atom. The average Bonchev–Trinajstić information content (AvgIpc) is 2.74. The maximum Gasteiger partial charge on any atom is 0.272 e. The first kappa shape index (κ1) is 18.0. The molecule has 2 aromatic heterocycles. The molecule has 4 rings (SSSR count). The second kappa shape index (κ2) is 8.12. The van der Waals surface area contributed by atoms with Crippen molar-refractivity contribution >= 4 is 5.91 Å². The Bertz CT molecular complexity index is 967. The number of ether oxygens (including phenoxy) is 1. The van der Waals surface area contributed by atoms with Gasteiger partial charge in [0.25, 0.3) is 5.91 Å². The minimum atomic E-state index is -0.382. The molecule has 0 bridgehead atoms. The van der Waals surface area contributed by atoms with E-state index in [2.05, 4.69) is 15.0 Å². The standard InChI is InChI=1S/C21H19FN4O2/c22-16-6-3-7-17(13-16)28-20-19(24-10-11-25-20)15-5-4-12-26(14-15)21(27)18-8-1-2-9-23-18/h1-3,6-11,13,15H,4-5,12,14H2/t15-/m1/s1. The van der Waals surface area contributed by atoms with E-state index in [4.69, 9.17) is 4.74 Å². The molecule has 0 spiro atoms. The van der Waals surface area contributed by atoms with E-state index < -0.39 is 0 Å². The number of pyridine rings is 1. The fourth-order valence-electron chi connectivity index (χ4n) is 3.37. The lowest BCUT2D eigenvalue weighted by Crippen LogP contribution is -2.39. The van der Waals surface area contributed by atoms with Gasteiger partial charge in [-0.15, -0.1) is 0 Å². The summed E-state index contributed by atoms with van der Waals surface area (Å²) in [5, 5.41) is 0. The van der Waals surface area contributed by atoms with Crippen LogP contribution in [0.25, 0.3) is 0 Å². The minimum Gasteiger partial charge on any atom is -0.437 e. The Kier molecular flexibility index (Phi) is 5.23. The van der Waals surface area contributed by atoms with Gasteiger partial charge >= 0.3 is 0 Å². The van der Waals surface area contributed by atoms with Crippen LogP contribution < -0.4 is 4.74 Å². The van der Waals surface area contributed by atoms with E-state index in [0.717, 1.165) is 12.8 Å². The summed E-state index contributed by atoms with van der Waals surface area (Å²) in [5.41, 5.74) is 1.10. The second-order valence-corrected chi connectivity index (χ2v) is 6.61. The van der Waals surface area contributed by atoms with Crippen molar-refractivity contribution in [3.05, 3.63) is 78.3 Å². The van der Waals surface area contributed by atoms with Gasteiger partial charge < -0.3 is 9.64 Å². The molecule has 0 saturated carbocycles. The molecule has 1 aliphatic rings. The van der Waals surface area contributed by atoms with Gasteiger partial charge in [0, 0.05) is 43.7 Å². The molecule has 28 heavy (non-hydrogen) atoms. The van der Waals surface area contributed by atoms with E-state index in [0.29, 0.717) is 36.1 Å². The summed E-state index contributed by atoms with van der Waals surface area (Å²) in [4.78, 5) is 27.4. The van der Waals surface area contributed by atoms with Crippen molar-refractivity contribution < 1.29 is 13.9 Å². The first-order chi connectivity index (χ1) is 13.7. The lowest BCUT2D eigenvalue weighted by molar-refractivity contribution is 0.0699. The molecule has 0 aliphatic carbocycles. The van der Waals surface area contributed by atoms with E-state index in [1.54, 1.807) is 47.6 Å². The summed E-state index contributed by atoms with van der Waals surface area (Å²) in [6.07, 6.45) is 6.47. The molecule has 0 radical (unpaired) electrons. The lowest BCUT2D eigenvalue weighted by atomic mass is 9.94. The lowest BCUT2D eigenvalue weighted by Gasteiger charge is -2.32. The maximum atomic E-state index is 13.5. The van der Waals surface area contributed by atoms with E-state index in [-0.39, 0.29) is 17.6 Å². The van der Waals surface area contributed by atoms with Crippen LogP contribution in [0.5, 0.6) is 11.6 Å². The predicted molar refractivity (Wildman–Crippen MR) is 101 cm³/mol. The number of amides is 1. The van der Waals surface area contributed by atoms with E-state index in [1.165, 1.54) is 18.3 Å². The van der Waals surface area contributed by atoms with Crippen LogP contribution in [0, 0.1) is 5.82 Å². The fraction of sp³-hybridized carbons (Fsp3) is 0.238. The van der Waals surface area contributed by atoms with Gasteiger partial charge in [0.15, 0.2) is 0 Å². The quantitative estimate of drug-likeness (QED) is 0.690. The fourth-order valence-corrected chi connectivity index (χ4v) is 3.37. The largest absolute Gasteiger partial charge is 0.437 e. The predicted octanol–water partition coefficient (Wildman–Crippen LogP) is 3.82. The van der Waals surface area contributed by atoms with Gasteiger partial charge in [0.05, 0.1) is 0 Å². The summed E-state index contributed by atoms with van der Waals surface area (Å²) in [6.45, 7) is 1.18. The van der Waals surface area contributed by atoms with E-state index >= 15 is 0 Å². The van der Waals surface area contributed by atoms with Crippen molar-refractivity contribution in [2.24, 2.45) is 0 Å². The molecule has 0 N–H and O–H groups in total. The highest BCUT2D eigenvalue weighted by Gasteiger charge is 2.29. The molecule has 1 fully saturated rings. The molecule has 1 amide bonds. The summed E-state index contributed by atoms with van der Waals surface area (Å²) >= 11 is 0. The zero-order valence-corrected chi connectivity index (χ0v) is 15.2. The highest BCUT2D eigenvalue weighted by Crippen LogP contribution is 2.33. The van der Waals surface area contributed by atoms with Gasteiger partial charge in [-0.25, -0.2) is 9.37 Å². The second-order valence-electron chi connectivity index (χ2n) is 6.61. The van der Waals surface area contributed by atoms with Crippen molar-refractivity contribution in [2.45, 2.75) is 18.8 Å². The molecule has 1 aliphatic heterocycles. The number of hydrogen-bond donors (Lipinski definition) is 0. The molecule has 0 unspecified atom stereocenters. The molecular weight excluding hydrogens is 359 g/mol. The Morgan fingerprint density at radius 2 is 1.96 bits per heavy atom. The van der Waals surface area contributed by atoms with Gasteiger partial charge in [0.1, 0.15) is 23.0 Å². The number of carbonyl (C=O) groups is 1. The highest BCUT2D eigenvalue weighted by molar-refractivity contribution is 5.92. The molecule has 142 valence electrons. The molecule has 1 aromatic carbocycles. The SMILES string of the molecule is O=C(c1ccccn1)N1CCC[C@@H](c2nccnc2Oc2cccc(F)c2)C1. The minimum absolute atomic E-state index is 0.0151. The van der Waals surface area contributed by atoms with Gasteiger partial charge in [0.2, 0.25) is 5.88 Å². The summed E-state index contributed by atoms with van der Waals surface area (Å²) in [7, 11) is 0. The monoisotopic (exact) mass is 378 g/mol. The summed E-state index contributed by atoms with van der Waals surface area (Å²) in [5.74, 6) is 0.206. The van der Waals surface area contributed by atoms with Crippen LogP contribution >= 0.6 is 0 Å². The number of rotatable bonds is 4. The van der Waals surface area contributed by atoms with Crippen molar-refractivity contribution in [3.8, 4) is 11.6 Å². The van der Waals surface area contributed by atoms with Crippen LogP contribution in [0.4, 0.5) is 4.39 Å². The van der Waals surface area contributed by atoms with Gasteiger partial charge in [-0.1, -0.05) is 12.1 Å². The number of halogens is 1. The number of nitrogens with zero attached hydrogens (tertiary/aromatic N) is 4. The third kappa shape index (κ3) is 3.98. The molecular formula is C21H19FN4O2. The normalized spacial score (nSPS) is 16.6. The van der Waals surface area contributed by atoms with Crippen molar-refractivity contribution in [1.82, 2.24) is 19.9 Å². The zero-order chi connectivity index (χ0) is 19.3. The molecule has 1 atom stereocenters. The topological polar surface area (TPSA) is 68.2 Å². The van der Waals surface area contributed by atoms with Crippen LogP contribution in [0.3, 0.4) is 0 Å². The first-order valence-corrected chi connectivity index (χ1v) is 9.15. The van der Waals surface area contributed by atoms with Gasteiger partial charge in [-0.05, 0) is 37.1 Å². The molecule has 3 heterocycles. The first-order valence-electron chi connectivity index (χ1n) is 9.15. The third-order valence-corrected chi connectivity index (χ3v) is 4.68. The van der Waals surface area contributed by atoms with Crippen LogP contribution in [-0.2, 0) is 0 Å². The Balaban J connectivity index is 1.55. The Hall–Kier alpha value is -3.35. The van der Waals surface area contributed by atoms with Crippen LogP contribution in [0.15, 0.2) is 61.1 Å². The van der Waals surface area contributed by atoms with Crippen LogP contribution in [0.1, 0.15) is 34.9 Å². The van der Waals surface area contributed by atoms with Crippen molar-refractivity contribution in [2.75, 3.05) is 13.1 Å². The summed E-state index contributed by atoms with van der Waals surface area (Å²) in [6, 6.07) is 11.2. The maximum absolute atomic E-state index is 13.5. The summed E-state index contributed by atoms with van der Waals surface area (Å²) < 4.78 is 19.3. The highest BCUT2D eigenvalue weighted by atomic mass is 19.1. The Labute approximate surface area is 162 Å². The third-order valence-electron chi connectivity index (χ3n) is 4.68. The van der Waals surface area contributed by atoms with Crippen LogP contribution in [0.2, 0.25) is 0 Å². The van der Waals surface area contributed by atoms with Crippen LogP contribution in [-0.4, -0.2) is 38.8 Å². The average molecular weight is 378 g/mol. The number of aromatic nitrogens is 3. The van der Waals surface area contributed by atoms with E-state index in [1.807, 2.05) is 0 Å². The van der Waals surface area contributed by atoms with Gasteiger partial charge in [-0.3, -0.25) is 14.8 Å². The molecule has 6 nitrogen and oxygen atoms in total. The number of carbonyl (C=O) groups excluding carboxylic acids is 1.